The van der Waals surface area contributed by atoms with Gasteiger partial charge in [-0.3, -0.25) is 9.59 Å². The van der Waals surface area contributed by atoms with Gasteiger partial charge >= 0.3 is 0 Å². The zero-order valence-electron chi connectivity index (χ0n) is 15.1. The van der Waals surface area contributed by atoms with Crippen molar-refractivity contribution in [1.29, 1.82) is 0 Å². The van der Waals surface area contributed by atoms with Gasteiger partial charge in [-0.05, 0) is 68.5 Å². The van der Waals surface area contributed by atoms with Gasteiger partial charge in [0.05, 0.1) is 11.8 Å². The fraction of sp³-hybridized carbons (Fsp3) is 0.333. The summed E-state index contributed by atoms with van der Waals surface area (Å²) in [4.78, 5) is 24.9. The molecule has 130 valence electrons. The zero-order chi connectivity index (χ0) is 18.1. The lowest BCUT2D eigenvalue weighted by molar-refractivity contribution is -0.122. The quantitative estimate of drug-likeness (QED) is 0.882. The Hall–Kier alpha value is -2.62. The Morgan fingerprint density at radius 1 is 0.760 bits per heavy atom. The van der Waals surface area contributed by atoms with E-state index in [-0.39, 0.29) is 23.7 Å². The number of nitrogens with one attached hydrogen (secondary N) is 2. The standard InChI is InChI=1S/C21H24N2O2/c1-12-7-5-9-18(14(12)3)22-20(24)16-11-17(16)21(25)23-19-10-6-8-13(2)15(19)4/h5-10,16-17H,11H2,1-4H3,(H,22,24)(H,23,25). The molecule has 2 aromatic rings. The van der Waals surface area contributed by atoms with Crippen LogP contribution < -0.4 is 10.6 Å². The number of benzene rings is 2. The molecule has 0 heterocycles. The van der Waals surface area contributed by atoms with E-state index >= 15 is 0 Å². The molecule has 0 radical (unpaired) electrons. The first kappa shape index (κ1) is 17.2. The summed E-state index contributed by atoms with van der Waals surface area (Å²) in [7, 11) is 0. The van der Waals surface area contributed by atoms with E-state index < -0.39 is 0 Å². The molecule has 25 heavy (non-hydrogen) atoms. The van der Waals surface area contributed by atoms with E-state index in [2.05, 4.69) is 10.6 Å². The van der Waals surface area contributed by atoms with Crippen molar-refractivity contribution in [2.24, 2.45) is 11.8 Å². The first-order valence-electron chi connectivity index (χ1n) is 8.62. The van der Waals surface area contributed by atoms with Crippen LogP contribution in [0.25, 0.3) is 0 Å². The Labute approximate surface area is 148 Å². The molecule has 4 heteroatoms. The van der Waals surface area contributed by atoms with Gasteiger partial charge in [-0.25, -0.2) is 0 Å². The number of carbonyl (C=O) groups is 2. The van der Waals surface area contributed by atoms with Gasteiger partial charge in [0.15, 0.2) is 0 Å². The van der Waals surface area contributed by atoms with Crippen molar-refractivity contribution >= 4 is 23.2 Å². The Bertz CT molecular complexity index is 772. The maximum Gasteiger partial charge on any atom is 0.228 e. The second kappa shape index (κ2) is 6.71. The topological polar surface area (TPSA) is 58.2 Å². The maximum absolute atomic E-state index is 12.4. The van der Waals surface area contributed by atoms with Crippen molar-refractivity contribution in [2.75, 3.05) is 10.6 Å². The van der Waals surface area contributed by atoms with Crippen LogP contribution in [-0.2, 0) is 9.59 Å². The van der Waals surface area contributed by atoms with Gasteiger partial charge in [-0.1, -0.05) is 24.3 Å². The first-order chi connectivity index (χ1) is 11.9. The molecule has 2 atom stereocenters. The van der Waals surface area contributed by atoms with E-state index in [1.807, 2.05) is 64.1 Å². The van der Waals surface area contributed by atoms with E-state index in [1.54, 1.807) is 0 Å². The van der Waals surface area contributed by atoms with Gasteiger partial charge < -0.3 is 10.6 Å². The molecule has 0 spiro atoms. The van der Waals surface area contributed by atoms with Gasteiger partial charge in [0.2, 0.25) is 11.8 Å². The minimum absolute atomic E-state index is 0.0742. The number of hydrogen-bond acceptors (Lipinski definition) is 2. The highest BCUT2D eigenvalue weighted by atomic mass is 16.2. The molecule has 0 saturated heterocycles. The van der Waals surface area contributed by atoms with Crippen LogP contribution in [-0.4, -0.2) is 11.8 Å². The van der Waals surface area contributed by atoms with Crippen LogP contribution in [0.5, 0.6) is 0 Å². The Kier molecular flexibility index (Phi) is 4.62. The van der Waals surface area contributed by atoms with Crippen LogP contribution in [0.15, 0.2) is 36.4 Å². The number of anilines is 2. The van der Waals surface area contributed by atoms with Gasteiger partial charge in [-0.15, -0.1) is 0 Å². The fourth-order valence-electron chi connectivity index (χ4n) is 3.00. The summed E-state index contributed by atoms with van der Waals surface area (Å²) in [5.74, 6) is -0.639. The van der Waals surface area contributed by atoms with Crippen LogP contribution in [0.3, 0.4) is 0 Å². The SMILES string of the molecule is Cc1cccc(NC(=O)C2CC2C(=O)Nc2cccc(C)c2C)c1C. The summed E-state index contributed by atoms with van der Waals surface area (Å²) in [6, 6.07) is 11.7. The van der Waals surface area contributed by atoms with E-state index in [4.69, 9.17) is 0 Å². The molecule has 0 aromatic heterocycles. The summed E-state index contributed by atoms with van der Waals surface area (Å²) in [5, 5.41) is 5.93. The van der Waals surface area contributed by atoms with Crippen molar-refractivity contribution in [3.8, 4) is 0 Å². The van der Waals surface area contributed by atoms with Crippen LogP contribution in [0.4, 0.5) is 11.4 Å². The minimum Gasteiger partial charge on any atom is -0.326 e. The normalized spacial score (nSPS) is 18.6. The Morgan fingerprint density at radius 3 is 1.56 bits per heavy atom. The van der Waals surface area contributed by atoms with Crippen molar-refractivity contribution in [2.45, 2.75) is 34.1 Å². The molecular weight excluding hydrogens is 312 g/mol. The number of rotatable bonds is 4. The average molecular weight is 336 g/mol. The second-order valence-electron chi connectivity index (χ2n) is 6.92. The van der Waals surface area contributed by atoms with E-state index in [1.165, 1.54) is 0 Å². The van der Waals surface area contributed by atoms with Crippen LogP contribution in [0.2, 0.25) is 0 Å². The van der Waals surface area contributed by atoms with E-state index in [0.717, 1.165) is 33.6 Å². The molecule has 4 nitrogen and oxygen atoms in total. The third kappa shape index (κ3) is 3.58. The summed E-state index contributed by atoms with van der Waals surface area (Å²) in [6.07, 6.45) is 0.605. The third-order valence-electron chi connectivity index (χ3n) is 5.19. The lowest BCUT2D eigenvalue weighted by Crippen LogP contribution is -2.21. The summed E-state index contributed by atoms with van der Waals surface area (Å²) >= 11 is 0. The number of carbonyl (C=O) groups excluding carboxylic acids is 2. The number of hydrogen-bond donors (Lipinski definition) is 2. The van der Waals surface area contributed by atoms with Gasteiger partial charge in [0.25, 0.3) is 0 Å². The molecule has 1 aliphatic carbocycles. The molecular formula is C21H24N2O2. The zero-order valence-corrected chi connectivity index (χ0v) is 15.1. The Morgan fingerprint density at radius 2 is 1.16 bits per heavy atom. The van der Waals surface area contributed by atoms with Crippen molar-refractivity contribution in [1.82, 2.24) is 0 Å². The summed E-state index contributed by atoms with van der Waals surface area (Å²) in [6.45, 7) is 8.01. The molecule has 1 saturated carbocycles. The largest absolute Gasteiger partial charge is 0.326 e. The monoisotopic (exact) mass is 336 g/mol. The van der Waals surface area contributed by atoms with Crippen molar-refractivity contribution in [3.63, 3.8) is 0 Å². The molecule has 1 fully saturated rings. The predicted molar refractivity (Wildman–Crippen MR) is 101 cm³/mol. The minimum atomic E-state index is -0.245. The maximum atomic E-state index is 12.4. The summed E-state index contributed by atoms with van der Waals surface area (Å²) in [5.41, 5.74) is 6.05. The van der Waals surface area contributed by atoms with Crippen LogP contribution in [0.1, 0.15) is 28.7 Å². The lowest BCUT2D eigenvalue weighted by atomic mass is 10.1. The molecule has 1 aliphatic rings. The molecule has 2 N–H and O–H groups in total. The highest BCUT2D eigenvalue weighted by Crippen LogP contribution is 2.40. The van der Waals surface area contributed by atoms with Gasteiger partial charge in [0, 0.05) is 11.4 Å². The molecule has 0 bridgehead atoms. The first-order valence-corrected chi connectivity index (χ1v) is 8.62. The number of amides is 2. The molecule has 3 rings (SSSR count). The lowest BCUT2D eigenvalue weighted by Gasteiger charge is -2.11. The molecule has 2 unspecified atom stereocenters. The predicted octanol–water partition coefficient (Wildman–Crippen LogP) is 4.13. The van der Waals surface area contributed by atoms with Crippen molar-refractivity contribution in [3.05, 3.63) is 58.7 Å². The average Bonchev–Trinajstić information content (AvgIpc) is 3.37. The highest BCUT2D eigenvalue weighted by molar-refractivity contribution is 6.03. The van der Waals surface area contributed by atoms with Crippen molar-refractivity contribution < 1.29 is 9.59 Å². The highest BCUT2D eigenvalue weighted by Gasteiger charge is 2.48. The molecule has 2 amide bonds. The second-order valence-corrected chi connectivity index (χ2v) is 6.92. The molecule has 0 aliphatic heterocycles. The van der Waals surface area contributed by atoms with Gasteiger partial charge in [0.1, 0.15) is 0 Å². The smallest absolute Gasteiger partial charge is 0.228 e. The number of aryl methyl sites for hydroxylation is 2. The van der Waals surface area contributed by atoms with E-state index in [0.29, 0.717) is 6.42 Å². The van der Waals surface area contributed by atoms with E-state index in [9.17, 15) is 9.59 Å². The molecule has 2 aromatic carbocycles. The third-order valence-corrected chi connectivity index (χ3v) is 5.19. The van der Waals surface area contributed by atoms with Crippen LogP contribution >= 0.6 is 0 Å². The Balaban J connectivity index is 1.62. The van der Waals surface area contributed by atoms with Crippen LogP contribution in [0, 0.1) is 39.5 Å². The van der Waals surface area contributed by atoms with Gasteiger partial charge in [-0.2, -0.15) is 0 Å². The summed E-state index contributed by atoms with van der Waals surface area (Å²) < 4.78 is 0. The fourth-order valence-corrected chi connectivity index (χ4v) is 3.00.